The van der Waals surface area contributed by atoms with Crippen LogP contribution >= 0.6 is 0 Å². The molecule has 18 heavy (non-hydrogen) atoms. The molecule has 96 valence electrons. The van der Waals surface area contributed by atoms with Gasteiger partial charge in [0, 0.05) is 11.0 Å². The van der Waals surface area contributed by atoms with Crippen molar-refractivity contribution in [2.75, 3.05) is 0 Å². The third-order valence-corrected chi connectivity index (χ3v) is 1.55. The third kappa shape index (κ3) is 12.2. The number of nitrogens with one attached hydrogen (secondary N) is 1. The molecule has 0 aliphatic rings. The molecule has 1 N–H and O–H groups in total. The largest absolute Gasteiger partial charge is 4.00 e. The Labute approximate surface area is 132 Å². The minimum absolute atomic E-state index is 0. The van der Waals surface area contributed by atoms with Gasteiger partial charge in [-0.2, -0.15) is 17.5 Å². The van der Waals surface area contributed by atoms with Crippen LogP contribution in [0.15, 0.2) is 42.5 Å². The van der Waals surface area contributed by atoms with E-state index in [1.54, 1.807) is 0 Å². The first-order valence-corrected chi connectivity index (χ1v) is 4.82. The van der Waals surface area contributed by atoms with E-state index in [9.17, 15) is 0 Å². The van der Waals surface area contributed by atoms with Crippen molar-refractivity contribution in [1.29, 1.82) is 0 Å². The van der Waals surface area contributed by atoms with Crippen molar-refractivity contribution in [2.45, 2.75) is 26.3 Å². The molecule has 2 aromatic rings. The maximum absolute atomic E-state index is 6.94. The molecule has 0 aliphatic carbocycles. The second-order valence-corrected chi connectivity index (χ2v) is 4.40. The molecule has 2 aromatic carbocycles. The molecular weight excluding hydrogens is 270 g/mol. The Morgan fingerprint density at radius 2 is 1.44 bits per heavy atom. The van der Waals surface area contributed by atoms with E-state index in [2.05, 4.69) is 42.5 Å². The van der Waals surface area contributed by atoms with Gasteiger partial charge in [-0.25, -0.2) is 0 Å². The van der Waals surface area contributed by atoms with Gasteiger partial charge in [0.1, 0.15) is 0 Å². The van der Waals surface area contributed by atoms with Crippen molar-refractivity contribution >= 4 is 21.7 Å². The van der Waals surface area contributed by atoms with Crippen molar-refractivity contribution in [2.24, 2.45) is 0 Å². The van der Waals surface area contributed by atoms with Crippen LogP contribution in [0.2, 0.25) is 0 Å². The van der Waals surface area contributed by atoms with Crippen LogP contribution in [0.4, 0.5) is 0 Å². The van der Waals surface area contributed by atoms with E-state index in [-0.39, 0.29) is 53.1 Å². The molecule has 0 unspecified atom stereocenters. The van der Waals surface area contributed by atoms with E-state index in [1.165, 1.54) is 10.8 Å². The van der Waals surface area contributed by atoms with Crippen LogP contribution in [-0.4, -0.2) is 16.5 Å². The number of hydrogen-bond acceptors (Lipinski definition) is 0. The second-order valence-electron chi connectivity index (χ2n) is 4.40. The van der Waals surface area contributed by atoms with E-state index in [0.29, 0.717) is 0 Å². The fourth-order valence-electron chi connectivity index (χ4n) is 1.07. The number of hydrogen-bond donors (Lipinski definition) is 0. The Balaban J connectivity index is -0.0000000993. The van der Waals surface area contributed by atoms with Gasteiger partial charge in [-0.3, -0.25) is 0 Å². The van der Waals surface area contributed by atoms with Gasteiger partial charge in [0.25, 0.3) is 0 Å². The van der Waals surface area contributed by atoms with Crippen LogP contribution in [0.5, 0.6) is 0 Å². The number of rotatable bonds is 0. The molecular formula is C15H23NSiTi. The Hall–Kier alpha value is -0.279. The Morgan fingerprint density at radius 1 is 1.00 bits per heavy atom. The Kier molecular flexibility index (Phi) is 17.2. The standard InChI is InChI=1S/C9H7.C4H10N.2CH3.Si.Ti/c1-2-5-9-7-3-6-8(9)4-1;1-4(2,3)5;;;;/h1-7H;5H,1-3H3;2*1H3;;/q4*-1;;+4. The fourth-order valence-corrected chi connectivity index (χ4v) is 1.07. The monoisotopic (exact) mass is 293 g/mol. The fraction of sp³-hybridized carbons (Fsp3) is 0.267. The minimum Gasteiger partial charge on any atom is -0.673 e. The number of fused-ring (bicyclic) bond motifs is 1. The summed E-state index contributed by atoms with van der Waals surface area (Å²) >= 11 is 0. The topological polar surface area (TPSA) is 23.8 Å². The number of benzene rings is 1. The van der Waals surface area contributed by atoms with Crippen LogP contribution < -0.4 is 0 Å². The quantitative estimate of drug-likeness (QED) is 0.486. The van der Waals surface area contributed by atoms with Crippen molar-refractivity contribution in [3.8, 4) is 0 Å². The first-order valence-electron chi connectivity index (χ1n) is 4.82. The van der Waals surface area contributed by atoms with E-state index < -0.39 is 0 Å². The van der Waals surface area contributed by atoms with Gasteiger partial charge in [0.2, 0.25) is 0 Å². The third-order valence-electron chi connectivity index (χ3n) is 1.55. The molecule has 2 rings (SSSR count). The van der Waals surface area contributed by atoms with Crippen LogP contribution in [0, 0.1) is 14.9 Å². The summed E-state index contributed by atoms with van der Waals surface area (Å²) in [5, 5.41) is 2.66. The van der Waals surface area contributed by atoms with Crippen molar-refractivity contribution in [1.82, 2.24) is 0 Å². The maximum atomic E-state index is 6.94. The van der Waals surface area contributed by atoms with Crippen LogP contribution in [0.3, 0.4) is 0 Å². The first-order chi connectivity index (χ1) is 6.47. The van der Waals surface area contributed by atoms with Gasteiger partial charge in [-0.15, -0.1) is 35.2 Å². The molecule has 1 nitrogen and oxygen atoms in total. The smallest absolute Gasteiger partial charge is 0.673 e. The average molecular weight is 293 g/mol. The Morgan fingerprint density at radius 3 is 1.89 bits per heavy atom. The molecule has 0 spiro atoms. The minimum atomic E-state index is -0.250. The van der Waals surface area contributed by atoms with E-state index >= 15 is 0 Å². The molecule has 0 amide bonds. The molecule has 0 atom stereocenters. The van der Waals surface area contributed by atoms with Gasteiger partial charge >= 0.3 is 21.7 Å². The van der Waals surface area contributed by atoms with Crippen molar-refractivity contribution in [3.63, 3.8) is 0 Å². The molecule has 0 aliphatic heterocycles. The van der Waals surface area contributed by atoms with E-state index in [1.807, 2.05) is 20.8 Å². The van der Waals surface area contributed by atoms with Gasteiger partial charge in [0.05, 0.1) is 0 Å². The van der Waals surface area contributed by atoms with Gasteiger partial charge < -0.3 is 20.6 Å². The van der Waals surface area contributed by atoms with Gasteiger partial charge in [-0.05, 0) is 0 Å². The summed E-state index contributed by atoms with van der Waals surface area (Å²) in [5.74, 6) is 0. The molecule has 0 saturated carbocycles. The zero-order chi connectivity index (χ0) is 10.6. The summed E-state index contributed by atoms with van der Waals surface area (Å²) < 4.78 is 0. The van der Waals surface area contributed by atoms with E-state index in [0.717, 1.165) is 0 Å². The first kappa shape index (κ1) is 26.3. The van der Waals surface area contributed by atoms with Gasteiger partial charge in [-0.1, -0.05) is 26.8 Å². The maximum Gasteiger partial charge on any atom is 4.00 e. The van der Waals surface area contributed by atoms with Crippen LogP contribution in [-0.2, 0) is 21.7 Å². The zero-order valence-corrected chi connectivity index (χ0v) is 14.6. The van der Waals surface area contributed by atoms with Crippen molar-refractivity contribution < 1.29 is 21.7 Å². The van der Waals surface area contributed by atoms with Crippen molar-refractivity contribution in [3.05, 3.63) is 63.1 Å². The predicted octanol–water partition coefficient (Wildman–Crippen LogP) is 4.91. The molecule has 0 saturated heterocycles. The summed E-state index contributed by atoms with van der Waals surface area (Å²) in [6.07, 6.45) is 0. The summed E-state index contributed by atoms with van der Waals surface area (Å²) in [5.41, 5.74) is 6.69. The van der Waals surface area contributed by atoms with Crippen LogP contribution in [0.25, 0.3) is 16.5 Å². The zero-order valence-electron chi connectivity index (χ0n) is 12.0. The second kappa shape index (κ2) is 11.8. The van der Waals surface area contributed by atoms with Crippen LogP contribution in [0.1, 0.15) is 20.8 Å². The molecule has 0 heterocycles. The SMILES string of the molecule is CC(C)(C)[NH-].[CH3-].[CH3-].[Si].[Ti+4].c1ccc2[cH-]ccc2c1. The summed E-state index contributed by atoms with van der Waals surface area (Å²) in [4.78, 5) is 0. The summed E-state index contributed by atoms with van der Waals surface area (Å²) in [6.45, 7) is 5.56. The molecule has 3 heteroatoms. The normalized spacial score (nSPS) is 8.44. The molecule has 0 bridgehead atoms. The molecule has 0 aromatic heterocycles. The van der Waals surface area contributed by atoms with E-state index in [4.69, 9.17) is 5.73 Å². The predicted molar refractivity (Wildman–Crippen MR) is 82.2 cm³/mol. The Bertz CT molecular complexity index is 354. The molecule has 4 radical (unpaired) electrons. The summed E-state index contributed by atoms with van der Waals surface area (Å²) in [7, 11) is 0. The summed E-state index contributed by atoms with van der Waals surface area (Å²) in [6, 6.07) is 14.7. The average Bonchev–Trinajstić information content (AvgIpc) is 2.47. The molecule has 0 fully saturated rings. The van der Waals surface area contributed by atoms with Gasteiger partial charge in [0.15, 0.2) is 0 Å².